The van der Waals surface area contributed by atoms with Crippen LogP contribution in [0.4, 0.5) is 5.69 Å². The van der Waals surface area contributed by atoms with Crippen LogP contribution in [0.15, 0.2) is 53.1 Å². The molecule has 0 unspecified atom stereocenters. The molecule has 110 valence electrons. The minimum atomic E-state index is -0.150. The van der Waals surface area contributed by atoms with Gasteiger partial charge in [0.05, 0.1) is 0 Å². The van der Waals surface area contributed by atoms with Crippen molar-refractivity contribution in [1.82, 2.24) is 10.1 Å². The molecular formula is C17H15N3O2. The van der Waals surface area contributed by atoms with Crippen LogP contribution in [0.1, 0.15) is 21.7 Å². The molecule has 0 bridgehead atoms. The number of hydrogen-bond acceptors (Lipinski definition) is 4. The van der Waals surface area contributed by atoms with Crippen molar-refractivity contribution in [2.45, 2.75) is 13.8 Å². The Morgan fingerprint density at radius 3 is 2.41 bits per heavy atom. The minimum absolute atomic E-state index is 0.150. The van der Waals surface area contributed by atoms with Gasteiger partial charge in [-0.1, -0.05) is 23.4 Å². The molecule has 0 aliphatic carbocycles. The molecule has 5 heteroatoms. The molecule has 0 aliphatic rings. The summed E-state index contributed by atoms with van der Waals surface area (Å²) in [5.74, 6) is 0.877. The third-order valence-electron chi connectivity index (χ3n) is 3.31. The van der Waals surface area contributed by atoms with Gasteiger partial charge in [0, 0.05) is 16.8 Å². The van der Waals surface area contributed by atoms with Gasteiger partial charge in [-0.15, -0.1) is 0 Å². The Morgan fingerprint density at radius 1 is 1.05 bits per heavy atom. The second-order valence-corrected chi connectivity index (χ2v) is 4.99. The number of amides is 1. The summed E-state index contributed by atoms with van der Waals surface area (Å²) in [5.41, 5.74) is 3.19. The zero-order valence-electron chi connectivity index (χ0n) is 12.3. The van der Waals surface area contributed by atoms with Crippen LogP contribution >= 0.6 is 0 Å². The first-order valence-corrected chi connectivity index (χ1v) is 6.91. The summed E-state index contributed by atoms with van der Waals surface area (Å²) in [5, 5.41) is 6.65. The van der Waals surface area contributed by atoms with Gasteiger partial charge in [-0.3, -0.25) is 4.79 Å². The fourth-order valence-electron chi connectivity index (χ4n) is 2.09. The van der Waals surface area contributed by atoms with Crippen LogP contribution in [0.5, 0.6) is 0 Å². The highest BCUT2D eigenvalue weighted by Gasteiger charge is 2.10. The first-order valence-electron chi connectivity index (χ1n) is 6.91. The van der Waals surface area contributed by atoms with Gasteiger partial charge >= 0.3 is 0 Å². The number of rotatable bonds is 3. The van der Waals surface area contributed by atoms with E-state index >= 15 is 0 Å². The van der Waals surface area contributed by atoms with Crippen molar-refractivity contribution in [3.63, 3.8) is 0 Å². The summed E-state index contributed by atoms with van der Waals surface area (Å²) < 4.78 is 5.10. The predicted octanol–water partition coefficient (Wildman–Crippen LogP) is 3.61. The summed E-state index contributed by atoms with van der Waals surface area (Å²) in [4.78, 5) is 16.4. The van der Waals surface area contributed by atoms with Crippen LogP contribution in [-0.4, -0.2) is 16.0 Å². The lowest BCUT2D eigenvalue weighted by atomic mass is 10.1. The average molecular weight is 293 g/mol. The quantitative estimate of drug-likeness (QED) is 0.801. The van der Waals surface area contributed by atoms with Crippen molar-refractivity contribution >= 4 is 11.6 Å². The molecule has 3 aromatic rings. The van der Waals surface area contributed by atoms with Gasteiger partial charge in [0.2, 0.25) is 0 Å². The van der Waals surface area contributed by atoms with E-state index in [2.05, 4.69) is 15.5 Å². The first-order chi connectivity index (χ1) is 10.6. The van der Waals surface area contributed by atoms with Crippen LogP contribution < -0.4 is 5.32 Å². The van der Waals surface area contributed by atoms with Crippen LogP contribution in [0.2, 0.25) is 0 Å². The zero-order valence-corrected chi connectivity index (χ0v) is 12.3. The molecule has 0 fully saturated rings. The third kappa shape index (κ3) is 2.88. The highest BCUT2D eigenvalue weighted by molar-refractivity contribution is 6.04. The van der Waals surface area contributed by atoms with Crippen LogP contribution in [0, 0.1) is 13.8 Å². The number of nitrogens with zero attached hydrogens (tertiary/aromatic N) is 2. The molecule has 1 heterocycles. The molecule has 0 aliphatic heterocycles. The maximum Gasteiger partial charge on any atom is 0.257 e. The minimum Gasteiger partial charge on any atom is -0.334 e. The van der Waals surface area contributed by atoms with Crippen molar-refractivity contribution in [2.75, 3.05) is 5.32 Å². The molecule has 0 atom stereocenters. The van der Waals surface area contributed by atoms with Gasteiger partial charge in [0.1, 0.15) is 0 Å². The average Bonchev–Trinajstić information content (AvgIpc) is 2.96. The summed E-state index contributed by atoms with van der Waals surface area (Å²) in [6.45, 7) is 3.72. The number of carbonyl (C=O) groups excluding carboxylic acids is 1. The molecule has 22 heavy (non-hydrogen) atoms. The van der Waals surface area contributed by atoms with Crippen molar-refractivity contribution in [2.24, 2.45) is 0 Å². The maximum absolute atomic E-state index is 12.3. The molecule has 0 radical (unpaired) electrons. The van der Waals surface area contributed by atoms with Crippen molar-refractivity contribution < 1.29 is 9.32 Å². The normalized spacial score (nSPS) is 10.5. The smallest absolute Gasteiger partial charge is 0.257 e. The molecule has 1 aromatic heterocycles. The maximum atomic E-state index is 12.3. The second kappa shape index (κ2) is 5.81. The summed E-state index contributed by atoms with van der Waals surface area (Å²) in [6, 6.07) is 14.7. The van der Waals surface area contributed by atoms with Crippen LogP contribution in [-0.2, 0) is 0 Å². The standard InChI is InChI=1S/C17H15N3O2/c1-11-5-3-4-6-15(11)19-16(21)13-7-9-14(10-8-13)17-18-12(2)20-22-17/h3-10H,1-2H3,(H,19,21). The van der Waals surface area contributed by atoms with Crippen LogP contribution in [0.3, 0.4) is 0 Å². The van der Waals surface area contributed by atoms with Gasteiger partial charge in [-0.05, 0) is 49.7 Å². The van der Waals surface area contributed by atoms with E-state index in [0.717, 1.165) is 16.8 Å². The Kier molecular flexibility index (Phi) is 3.70. The van der Waals surface area contributed by atoms with Gasteiger partial charge in [0.15, 0.2) is 5.82 Å². The summed E-state index contributed by atoms with van der Waals surface area (Å²) in [6.07, 6.45) is 0. The van der Waals surface area contributed by atoms with E-state index in [1.54, 1.807) is 31.2 Å². The van der Waals surface area contributed by atoms with Crippen molar-refractivity contribution in [1.29, 1.82) is 0 Å². The van der Waals surface area contributed by atoms with Gasteiger partial charge < -0.3 is 9.84 Å². The Labute approximate surface area is 128 Å². The van der Waals surface area contributed by atoms with E-state index in [9.17, 15) is 4.79 Å². The SMILES string of the molecule is Cc1noc(-c2ccc(C(=O)Nc3ccccc3C)cc2)n1. The highest BCUT2D eigenvalue weighted by Crippen LogP contribution is 2.19. The number of benzene rings is 2. The Morgan fingerprint density at radius 2 is 1.77 bits per heavy atom. The first kappa shape index (κ1) is 14.0. The predicted molar refractivity (Wildman–Crippen MR) is 83.6 cm³/mol. The summed E-state index contributed by atoms with van der Waals surface area (Å²) in [7, 11) is 0. The molecule has 0 spiro atoms. The number of para-hydroxylation sites is 1. The van der Waals surface area contributed by atoms with E-state index in [4.69, 9.17) is 4.52 Å². The monoisotopic (exact) mass is 293 g/mol. The van der Waals surface area contributed by atoms with Crippen LogP contribution in [0.25, 0.3) is 11.5 Å². The Balaban J connectivity index is 1.78. The molecular weight excluding hydrogens is 278 g/mol. The fraction of sp³-hybridized carbons (Fsp3) is 0.118. The number of nitrogens with one attached hydrogen (secondary N) is 1. The van der Waals surface area contributed by atoms with E-state index in [1.807, 2.05) is 31.2 Å². The molecule has 0 saturated heterocycles. The zero-order chi connectivity index (χ0) is 15.5. The largest absolute Gasteiger partial charge is 0.334 e. The third-order valence-corrected chi connectivity index (χ3v) is 3.31. The van der Waals surface area contributed by atoms with Gasteiger partial charge in [-0.25, -0.2) is 0 Å². The van der Waals surface area contributed by atoms with Gasteiger partial charge in [0.25, 0.3) is 11.8 Å². The molecule has 0 saturated carbocycles. The van der Waals surface area contributed by atoms with E-state index in [-0.39, 0.29) is 5.91 Å². The lowest BCUT2D eigenvalue weighted by molar-refractivity contribution is 0.102. The van der Waals surface area contributed by atoms with Crippen molar-refractivity contribution in [3.8, 4) is 11.5 Å². The number of hydrogen-bond donors (Lipinski definition) is 1. The molecule has 5 nitrogen and oxygen atoms in total. The topological polar surface area (TPSA) is 68.0 Å². The number of aryl methyl sites for hydroxylation is 2. The number of aromatic nitrogens is 2. The fourth-order valence-corrected chi connectivity index (χ4v) is 2.09. The molecule has 1 amide bonds. The second-order valence-electron chi connectivity index (χ2n) is 4.99. The molecule has 2 aromatic carbocycles. The molecule has 3 rings (SSSR count). The highest BCUT2D eigenvalue weighted by atomic mass is 16.5. The van der Waals surface area contributed by atoms with Crippen molar-refractivity contribution in [3.05, 3.63) is 65.5 Å². The lowest BCUT2D eigenvalue weighted by Gasteiger charge is -2.08. The lowest BCUT2D eigenvalue weighted by Crippen LogP contribution is -2.12. The molecule has 1 N–H and O–H groups in total. The van der Waals surface area contributed by atoms with Gasteiger partial charge in [-0.2, -0.15) is 4.98 Å². The van der Waals surface area contributed by atoms with E-state index in [0.29, 0.717) is 17.3 Å². The summed E-state index contributed by atoms with van der Waals surface area (Å²) >= 11 is 0. The Hall–Kier alpha value is -2.95. The number of carbonyl (C=O) groups is 1. The number of anilines is 1. The van der Waals surface area contributed by atoms with E-state index < -0.39 is 0 Å². The van der Waals surface area contributed by atoms with E-state index in [1.165, 1.54) is 0 Å². The Bertz CT molecular complexity index is 807.